The number of fused-ring (bicyclic) bond motifs is 3. The van der Waals surface area contributed by atoms with Crippen LogP contribution < -0.4 is 4.74 Å². The largest absolute Gasteiger partial charge is 0.496 e. The maximum Gasteiger partial charge on any atom is 0.124 e. The van der Waals surface area contributed by atoms with E-state index < -0.39 is 6.10 Å². The van der Waals surface area contributed by atoms with Crippen LogP contribution in [0.1, 0.15) is 34.1 Å². The maximum absolute atomic E-state index is 11.0. The fraction of sp³-hybridized carbons (Fsp3) is 0.391. The van der Waals surface area contributed by atoms with Crippen LogP contribution in [0.3, 0.4) is 0 Å². The summed E-state index contributed by atoms with van der Waals surface area (Å²) in [6, 6.07) is 12.1. The summed E-state index contributed by atoms with van der Waals surface area (Å²) in [4.78, 5) is 2.35. The summed E-state index contributed by atoms with van der Waals surface area (Å²) in [6.45, 7) is 4.47. The van der Waals surface area contributed by atoms with E-state index in [2.05, 4.69) is 41.6 Å². The minimum Gasteiger partial charge on any atom is -0.496 e. The zero-order valence-electron chi connectivity index (χ0n) is 16.8. The molecule has 2 heterocycles. The summed E-state index contributed by atoms with van der Waals surface area (Å²) < 4.78 is 7.56. The van der Waals surface area contributed by atoms with Gasteiger partial charge in [-0.3, -0.25) is 0 Å². The number of hydrogen-bond donors (Lipinski definition) is 2. The number of aromatic nitrogens is 1. The Labute approximate surface area is 165 Å². The van der Waals surface area contributed by atoms with E-state index in [4.69, 9.17) is 4.74 Å². The van der Waals surface area contributed by atoms with Crippen molar-refractivity contribution in [2.75, 3.05) is 20.7 Å². The summed E-state index contributed by atoms with van der Waals surface area (Å²) in [6.07, 6.45) is 0.327. The number of benzene rings is 2. The van der Waals surface area contributed by atoms with E-state index >= 15 is 0 Å². The molecule has 0 aliphatic carbocycles. The minimum atomic E-state index is -0.656. The molecule has 5 heteroatoms. The van der Waals surface area contributed by atoms with Gasteiger partial charge in [0.25, 0.3) is 0 Å². The van der Waals surface area contributed by atoms with Crippen LogP contribution in [0.25, 0.3) is 10.9 Å². The van der Waals surface area contributed by atoms with Gasteiger partial charge in [-0.05, 0) is 49.4 Å². The Balaban J connectivity index is 1.74. The van der Waals surface area contributed by atoms with Gasteiger partial charge in [-0.2, -0.15) is 0 Å². The molecule has 2 aromatic carbocycles. The fourth-order valence-corrected chi connectivity index (χ4v) is 4.31. The summed E-state index contributed by atoms with van der Waals surface area (Å²) in [5.74, 6) is 0.640. The standard InChI is InChI=1S/C23H28N2O3/c1-15-4-6-20-18(10-15)19-12-24(2)9-8-21(19)25(20)13-22(27)16-5-7-23(28-3)17(11-16)14-26/h4-7,10-11,22,26-27H,8-9,12-14H2,1-3H3. The topological polar surface area (TPSA) is 57.9 Å². The van der Waals surface area contributed by atoms with E-state index in [1.807, 2.05) is 18.2 Å². The first-order chi connectivity index (χ1) is 13.5. The molecule has 0 amide bonds. The molecule has 3 aromatic rings. The lowest BCUT2D eigenvalue weighted by atomic mass is 10.0. The quantitative estimate of drug-likeness (QED) is 0.714. The molecule has 28 heavy (non-hydrogen) atoms. The minimum absolute atomic E-state index is 0.114. The predicted octanol–water partition coefficient (Wildman–Crippen LogP) is 3.17. The number of methoxy groups -OCH3 is 1. The van der Waals surface area contributed by atoms with Crippen LogP contribution in [0.4, 0.5) is 0 Å². The number of aliphatic hydroxyl groups is 2. The van der Waals surface area contributed by atoms with E-state index in [0.29, 0.717) is 17.9 Å². The molecule has 148 valence electrons. The van der Waals surface area contributed by atoms with Gasteiger partial charge >= 0.3 is 0 Å². The molecule has 0 radical (unpaired) electrons. The second-order valence-electron chi connectivity index (χ2n) is 7.79. The summed E-state index contributed by atoms with van der Waals surface area (Å²) in [7, 11) is 3.74. The van der Waals surface area contributed by atoms with Crippen LogP contribution in [0.15, 0.2) is 36.4 Å². The first kappa shape index (κ1) is 19.0. The van der Waals surface area contributed by atoms with Crippen molar-refractivity contribution in [3.05, 3.63) is 64.3 Å². The molecule has 1 aliphatic rings. The van der Waals surface area contributed by atoms with Crippen LogP contribution in [-0.2, 0) is 26.1 Å². The normalized spacial score (nSPS) is 15.6. The van der Waals surface area contributed by atoms with Gasteiger partial charge in [0.05, 0.1) is 26.4 Å². The lowest BCUT2D eigenvalue weighted by molar-refractivity contribution is 0.155. The second kappa shape index (κ2) is 7.59. The number of hydrogen-bond acceptors (Lipinski definition) is 4. The molecule has 1 atom stereocenters. The van der Waals surface area contributed by atoms with Crippen LogP contribution in [0.2, 0.25) is 0 Å². The fourth-order valence-electron chi connectivity index (χ4n) is 4.31. The average Bonchev–Trinajstić information content (AvgIpc) is 2.99. The third-order valence-corrected chi connectivity index (χ3v) is 5.82. The summed E-state index contributed by atoms with van der Waals surface area (Å²) in [5, 5.41) is 21.9. The zero-order chi connectivity index (χ0) is 19.8. The Morgan fingerprint density at radius 2 is 2.00 bits per heavy atom. The monoisotopic (exact) mass is 380 g/mol. The number of aliphatic hydroxyl groups excluding tert-OH is 2. The molecular formula is C23H28N2O3. The van der Waals surface area contributed by atoms with E-state index in [9.17, 15) is 10.2 Å². The van der Waals surface area contributed by atoms with Crippen molar-refractivity contribution < 1.29 is 14.9 Å². The predicted molar refractivity (Wildman–Crippen MR) is 111 cm³/mol. The number of ether oxygens (including phenoxy) is 1. The molecule has 2 N–H and O–H groups in total. The van der Waals surface area contributed by atoms with Crippen LogP contribution in [0, 0.1) is 6.92 Å². The maximum atomic E-state index is 11.0. The molecule has 0 saturated carbocycles. The van der Waals surface area contributed by atoms with Crippen LogP contribution in [0.5, 0.6) is 5.75 Å². The van der Waals surface area contributed by atoms with E-state index in [1.165, 1.54) is 27.7 Å². The van der Waals surface area contributed by atoms with Crippen molar-refractivity contribution in [3.8, 4) is 5.75 Å². The van der Waals surface area contributed by atoms with Gasteiger partial charge in [0, 0.05) is 41.7 Å². The highest BCUT2D eigenvalue weighted by Gasteiger charge is 2.24. The van der Waals surface area contributed by atoms with Gasteiger partial charge in [-0.25, -0.2) is 0 Å². The van der Waals surface area contributed by atoms with Crippen molar-refractivity contribution in [3.63, 3.8) is 0 Å². The summed E-state index contributed by atoms with van der Waals surface area (Å²) >= 11 is 0. The lowest BCUT2D eigenvalue weighted by Crippen LogP contribution is -2.27. The molecular weight excluding hydrogens is 352 g/mol. The number of nitrogens with zero attached hydrogens (tertiary/aromatic N) is 2. The average molecular weight is 380 g/mol. The highest BCUT2D eigenvalue weighted by Crippen LogP contribution is 2.33. The second-order valence-corrected chi connectivity index (χ2v) is 7.79. The van der Waals surface area contributed by atoms with Crippen molar-refractivity contribution in [2.24, 2.45) is 0 Å². The van der Waals surface area contributed by atoms with Crippen molar-refractivity contribution in [1.29, 1.82) is 0 Å². The van der Waals surface area contributed by atoms with Crippen LogP contribution in [-0.4, -0.2) is 40.4 Å². The first-order valence-corrected chi connectivity index (χ1v) is 9.76. The van der Waals surface area contributed by atoms with Gasteiger partial charge in [-0.15, -0.1) is 0 Å². The van der Waals surface area contributed by atoms with Crippen LogP contribution >= 0.6 is 0 Å². The molecule has 0 saturated heterocycles. The van der Waals surface area contributed by atoms with E-state index in [-0.39, 0.29) is 6.61 Å². The van der Waals surface area contributed by atoms with E-state index in [1.54, 1.807) is 7.11 Å². The van der Waals surface area contributed by atoms with Gasteiger partial charge in [0.15, 0.2) is 0 Å². The number of aryl methyl sites for hydroxylation is 1. The number of rotatable bonds is 5. The Hall–Kier alpha value is -2.34. The molecule has 0 fully saturated rings. The van der Waals surface area contributed by atoms with E-state index in [0.717, 1.165) is 25.1 Å². The van der Waals surface area contributed by atoms with Gasteiger partial charge < -0.3 is 24.4 Å². The highest BCUT2D eigenvalue weighted by atomic mass is 16.5. The van der Waals surface area contributed by atoms with Crippen molar-refractivity contribution in [1.82, 2.24) is 9.47 Å². The molecule has 4 rings (SSSR count). The highest BCUT2D eigenvalue weighted by molar-refractivity contribution is 5.86. The van der Waals surface area contributed by atoms with Gasteiger partial charge in [0.2, 0.25) is 0 Å². The van der Waals surface area contributed by atoms with Crippen molar-refractivity contribution in [2.45, 2.75) is 39.1 Å². The smallest absolute Gasteiger partial charge is 0.124 e. The number of likely N-dealkylation sites (N-methyl/N-ethyl adjacent to an activating group) is 1. The molecule has 1 aliphatic heterocycles. The third kappa shape index (κ3) is 3.30. The summed E-state index contributed by atoms with van der Waals surface area (Å²) in [5.41, 5.74) is 6.63. The molecule has 0 spiro atoms. The van der Waals surface area contributed by atoms with Crippen molar-refractivity contribution >= 4 is 10.9 Å². The molecule has 1 unspecified atom stereocenters. The Morgan fingerprint density at radius 3 is 2.75 bits per heavy atom. The Bertz CT molecular complexity index is 1010. The first-order valence-electron chi connectivity index (χ1n) is 9.76. The zero-order valence-corrected chi connectivity index (χ0v) is 16.8. The Kier molecular flexibility index (Phi) is 5.15. The van der Waals surface area contributed by atoms with Gasteiger partial charge in [-0.1, -0.05) is 17.7 Å². The lowest BCUT2D eigenvalue weighted by Gasteiger charge is -2.25. The SMILES string of the molecule is COc1ccc(C(O)Cn2c3c(c4cc(C)ccc42)CN(C)CC3)cc1CO. The molecule has 0 bridgehead atoms. The Morgan fingerprint density at radius 1 is 1.18 bits per heavy atom. The van der Waals surface area contributed by atoms with Gasteiger partial charge in [0.1, 0.15) is 5.75 Å². The molecule has 5 nitrogen and oxygen atoms in total. The third-order valence-electron chi connectivity index (χ3n) is 5.82. The molecule has 1 aromatic heterocycles.